The highest BCUT2D eigenvalue weighted by molar-refractivity contribution is 5.89. The summed E-state index contributed by atoms with van der Waals surface area (Å²) in [6.07, 6.45) is 5.17. The molecule has 4 rings (SSSR count). The van der Waals surface area contributed by atoms with Gasteiger partial charge in [0.05, 0.1) is 13.2 Å². The Morgan fingerprint density at radius 1 is 1.12 bits per heavy atom. The standard InChI is InChI=1S/C19H27N3O2/c23-19(20-18-5-4-16-13-24-14-17(16)10-18)22-9-6-15(12-22)11-21-7-2-1-3-8-21/h4-5,10,15H,1-3,6-9,11-14H2,(H,20,23)/t15-/m0/s1. The van der Waals surface area contributed by atoms with Crippen molar-refractivity contribution in [2.75, 3.05) is 38.0 Å². The molecule has 2 fully saturated rings. The molecule has 0 radical (unpaired) electrons. The molecule has 5 heteroatoms. The van der Waals surface area contributed by atoms with Crippen LogP contribution in [-0.4, -0.2) is 48.6 Å². The number of anilines is 1. The van der Waals surface area contributed by atoms with Gasteiger partial charge in [0.2, 0.25) is 0 Å². The summed E-state index contributed by atoms with van der Waals surface area (Å²) in [7, 11) is 0. The van der Waals surface area contributed by atoms with E-state index < -0.39 is 0 Å². The number of carbonyl (C=O) groups is 1. The second kappa shape index (κ2) is 7.11. The number of rotatable bonds is 3. The average molecular weight is 329 g/mol. The third-order valence-electron chi connectivity index (χ3n) is 5.51. The average Bonchev–Trinajstić information content (AvgIpc) is 3.24. The highest BCUT2D eigenvalue weighted by Crippen LogP contribution is 2.24. The van der Waals surface area contributed by atoms with Gasteiger partial charge in [-0.2, -0.15) is 0 Å². The van der Waals surface area contributed by atoms with Crippen molar-refractivity contribution < 1.29 is 9.53 Å². The van der Waals surface area contributed by atoms with Crippen molar-refractivity contribution in [3.8, 4) is 0 Å². The van der Waals surface area contributed by atoms with Crippen molar-refractivity contribution in [1.29, 1.82) is 0 Å². The molecule has 2 saturated heterocycles. The summed E-state index contributed by atoms with van der Waals surface area (Å²) < 4.78 is 5.43. The van der Waals surface area contributed by atoms with E-state index in [1.807, 2.05) is 17.0 Å². The minimum Gasteiger partial charge on any atom is -0.372 e. The van der Waals surface area contributed by atoms with Crippen LogP contribution >= 0.6 is 0 Å². The maximum atomic E-state index is 12.5. The normalized spacial score (nSPS) is 24.2. The van der Waals surface area contributed by atoms with Crippen LogP contribution in [-0.2, 0) is 18.0 Å². The summed E-state index contributed by atoms with van der Waals surface area (Å²) in [6.45, 7) is 6.73. The van der Waals surface area contributed by atoms with E-state index in [0.717, 1.165) is 31.7 Å². The minimum absolute atomic E-state index is 0.0370. The maximum Gasteiger partial charge on any atom is 0.321 e. The summed E-state index contributed by atoms with van der Waals surface area (Å²) in [5.74, 6) is 0.627. The van der Waals surface area contributed by atoms with Gasteiger partial charge < -0.3 is 19.9 Å². The SMILES string of the molecule is O=C(Nc1ccc2c(c1)COC2)N1CC[C@@H](CN2CCCCC2)C1. The Kier molecular flexibility index (Phi) is 4.72. The lowest BCUT2D eigenvalue weighted by Gasteiger charge is -2.29. The molecule has 0 aromatic heterocycles. The van der Waals surface area contributed by atoms with Crippen molar-refractivity contribution in [3.63, 3.8) is 0 Å². The summed E-state index contributed by atoms with van der Waals surface area (Å²) in [4.78, 5) is 17.1. The van der Waals surface area contributed by atoms with Gasteiger partial charge in [-0.15, -0.1) is 0 Å². The van der Waals surface area contributed by atoms with Gasteiger partial charge in [0, 0.05) is 25.3 Å². The lowest BCUT2D eigenvalue weighted by molar-refractivity contribution is 0.134. The fourth-order valence-corrected chi connectivity index (χ4v) is 4.13. The molecule has 3 aliphatic rings. The van der Waals surface area contributed by atoms with Crippen molar-refractivity contribution in [2.24, 2.45) is 5.92 Å². The molecule has 2 amide bonds. The van der Waals surface area contributed by atoms with Gasteiger partial charge in [-0.3, -0.25) is 0 Å². The topological polar surface area (TPSA) is 44.8 Å². The zero-order chi connectivity index (χ0) is 16.4. The van der Waals surface area contributed by atoms with Crippen molar-refractivity contribution >= 4 is 11.7 Å². The zero-order valence-electron chi connectivity index (χ0n) is 14.3. The Balaban J connectivity index is 1.29. The second-order valence-corrected chi connectivity index (χ2v) is 7.37. The molecule has 0 unspecified atom stereocenters. The van der Waals surface area contributed by atoms with Gasteiger partial charge in [-0.05, 0) is 61.5 Å². The van der Waals surface area contributed by atoms with Crippen LogP contribution in [0.2, 0.25) is 0 Å². The Bertz CT molecular complexity index is 598. The van der Waals surface area contributed by atoms with Crippen LogP contribution in [0.1, 0.15) is 36.8 Å². The number of likely N-dealkylation sites (tertiary alicyclic amines) is 2. The highest BCUT2D eigenvalue weighted by atomic mass is 16.5. The molecular formula is C19H27N3O2. The number of benzene rings is 1. The van der Waals surface area contributed by atoms with Crippen LogP contribution in [0.3, 0.4) is 0 Å². The second-order valence-electron chi connectivity index (χ2n) is 7.37. The van der Waals surface area contributed by atoms with E-state index in [2.05, 4.69) is 16.3 Å². The number of nitrogens with zero attached hydrogens (tertiary/aromatic N) is 2. The van der Waals surface area contributed by atoms with E-state index >= 15 is 0 Å². The van der Waals surface area contributed by atoms with Gasteiger partial charge >= 0.3 is 6.03 Å². The van der Waals surface area contributed by atoms with E-state index in [0.29, 0.717) is 19.1 Å². The van der Waals surface area contributed by atoms with Crippen LogP contribution in [0.5, 0.6) is 0 Å². The fourth-order valence-electron chi connectivity index (χ4n) is 4.13. The number of piperidine rings is 1. The first-order chi connectivity index (χ1) is 11.8. The minimum atomic E-state index is 0.0370. The number of fused-ring (bicyclic) bond motifs is 1. The molecule has 1 atom stereocenters. The first-order valence-electron chi connectivity index (χ1n) is 9.26. The predicted molar refractivity (Wildman–Crippen MR) is 93.9 cm³/mol. The zero-order valence-corrected chi connectivity index (χ0v) is 14.3. The number of hydrogen-bond donors (Lipinski definition) is 1. The Labute approximate surface area is 144 Å². The molecule has 1 N–H and O–H groups in total. The van der Waals surface area contributed by atoms with Gasteiger partial charge in [0.1, 0.15) is 0 Å². The summed E-state index contributed by atoms with van der Waals surface area (Å²) in [5, 5.41) is 3.06. The smallest absolute Gasteiger partial charge is 0.321 e. The maximum absolute atomic E-state index is 12.5. The Hall–Kier alpha value is -1.59. The van der Waals surface area contributed by atoms with Gasteiger partial charge in [0.25, 0.3) is 0 Å². The van der Waals surface area contributed by atoms with Crippen molar-refractivity contribution in [2.45, 2.75) is 38.9 Å². The van der Waals surface area contributed by atoms with Gasteiger partial charge in [-0.1, -0.05) is 12.5 Å². The summed E-state index contributed by atoms with van der Waals surface area (Å²) in [6, 6.07) is 6.12. The first-order valence-corrected chi connectivity index (χ1v) is 9.26. The van der Waals surface area contributed by atoms with Gasteiger partial charge in [-0.25, -0.2) is 4.79 Å². The number of urea groups is 1. The van der Waals surface area contributed by atoms with E-state index in [-0.39, 0.29) is 6.03 Å². The third-order valence-corrected chi connectivity index (χ3v) is 5.51. The number of hydrogen-bond acceptors (Lipinski definition) is 3. The first kappa shape index (κ1) is 15.9. The van der Waals surface area contributed by atoms with Gasteiger partial charge in [0.15, 0.2) is 0 Å². The van der Waals surface area contributed by atoms with E-state index in [1.54, 1.807) is 0 Å². The predicted octanol–water partition coefficient (Wildman–Crippen LogP) is 3.06. The number of ether oxygens (including phenoxy) is 1. The number of nitrogens with one attached hydrogen (secondary N) is 1. The molecule has 0 bridgehead atoms. The van der Waals surface area contributed by atoms with E-state index in [4.69, 9.17) is 4.74 Å². The monoisotopic (exact) mass is 329 g/mol. The molecule has 1 aromatic rings. The highest BCUT2D eigenvalue weighted by Gasteiger charge is 2.28. The van der Waals surface area contributed by atoms with Crippen LogP contribution in [0, 0.1) is 5.92 Å². The largest absolute Gasteiger partial charge is 0.372 e. The molecule has 0 spiro atoms. The van der Waals surface area contributed by atoms with Crippen LogP contribution in [0.25, 0.3) is 0 Å². The summed E-state index contributed by atoms with van der Waals surface area (Å²) in [5.41, 5.74) is 3.30. The summed E-state index contributed by atoms with van der Waals surface area (Å²) >= 11 is 0. The van der Waals surface area contributed by atoms with E-state index in [9.17, 15) is 4.79 Å². The molecule has 1 aromatic carbocycles. The van der Waals surface area contributed by atoms with Crippen molar-refractivity contribution in [1.82, 2.24) is 9.80 Å². The molecule has 0 saturated carbocycles. The Morgan fingerprint density at radius 2 is 1.96 bits per heavy atom. The number of carbonyl (C=O) groups excluding carboxylic acids is 1. The van der Waals surface area contributed by atoms with Crippen LogP contribution in [0.15, 0.2) is 18.2 Å². The fraction of sp³-hybridized carbons (Fsp3) is 0.632. The molecule has 0 aliphatic carbocycles. The molecule has 130 valence electrons. The number of amides is 2. The van der Waals surface area contributed by atoms with Crippen LogP contribution < -0.4 is 5.32 Å². The van der Waals surface area contributed by atoms with Crippen LogP contribution in [0.4, 0.5) is 10.5 Å². The molecule has 24 heavy (non-hydrogen) atoms. The molecule has 3 heterocycles. The molecule has 5 nitrogen and oxygen atoms in total. The molecular weight excluding hydrogens is 302 g/mol. The third kappa shape index (κ3) is 3.57. The lowest BCUT2D eigenvalue weighted by atomic mass is 10.1. The quantitative estimate of drug-likeness (QED) is 0.927. The van der Waals surface area contributed by atoms with Crippen molar-refractivity contribution in [3.05, 3.63) is 29.3 Å². The Morgan fingerprint density at radius 3 is 2.83 bits per heavy atom. The molecule has 3 aliphatic heterocycles. The van der Waals surface area contributed by atoms with E-state index in [1.165, 1.54) is 43.5 Å². The lowest BCUT2D eigenvalue weighted by Crippen LogP contribution is -2.37.